The van der Waals surface area contributed by atoms with Gasteiger partial charge >= 0.3 is 19.8 Å². The van der Waals surface area contributed by atoms with E-state index in [1.807, 2.05) is 0 Å². The fourth-order valence-electron chi connectivity index (χ4n) is 5.96. The highest BCUT2D eigenvalue weighted by molar-refractivity contribution is 7.47. The minimum absolute atomic E-state index is 0.0412. The van der Waals surface area contributed by atoms with Crippen LogP contribution >= 0.6 is 7.82 Å². The van der Waals surface area contributed by atoms with Crippen LogP contribution < -0.4 is 5.73 Å². The summed E-state index contributed by atoms with van der Waals surface area (Å²) in [5, 5.41) is 0. The van der Waals surface area contributed by atoms with Crippen LogP contribution in [0.4, 0.5) is 0 Å². The maximum absolute atomic E-state index is 12.6. The number of rotatable bonds is 43. The van der Waals surface area contributed by atoms with Crippen LogP contribution in [0.25, 0.3) is 0 Å². The topological polar surface area (TPSA) is 134 Å². The zero-order valence-corrected chi connectivity index (χ0v) is 39.3. The van der Waals surface area contributed by atoms with Gasteiger partial charge in [0.1, 0.15) is 6.61 Å². The van der Waals surface area contributed by atoms with E-state index in [9.17, 15) is 19.0 Å². The minimum atomic E-state index is -4.40. The van der Waals surface area contributed by atoms with Gasteiger partial charge in [-0.25, -0.2) is 4.57 Å². The smallest absolute Gasteiger partial charge is 0.462 e. The highest BCUT2D eigenvalue weighted by Gasteiger charge is 2.26. The normalized spacial score (nSPS) is 14.1. The number of esters is 2. The third-order valence-electron chi connectivity index (χ3n) is 9.45. The van der Waals surface area contributed by atoms with Crippen LogP contribution in [-0.2, 0) is 32.7 Å². The third-order valence-corrected chi connectivity index (χ3v) is 10.4. The monoisotopic (exact) mass is 872 g/mol. The maximum Gasteiger partial charge on any atom is 0.472 e. The first-order valence-electron chi connectivity index (χ1n) is 23.7. The molecular formula is C51H86NO8P. The Labute approximate surface area is 372 Å². The van der Waals surface area contributed by atoms with Crippen molar-refractivity contribution >= 4 is 19.8 Å². The molecule has 0 fully saturated rings. The van der Waals surface area contributed by atoms with Crippen LogP contribution in [0.5, 0.6) is 0 Å². The predicted octanol–water partition coefficient (Wildman–Crippen LogP) is 14.2. The fourth-order valence-corrected chi connectivity index (χ4v) is 6.73. The SMILES string of the molecule is CC/C=C\C/C=C\C/C=C\C/C=C\C/C=C\C/C=C\C/C=C\CCCCCC(=O)OC(COC(=O)CCCCCCC/C=C\CCCCCCCC)COP(=O)(O)OCCN. The van der Waals surface area contributed by atoms with Gasteiger partial charge in [-0.1, -0.05) is 169 Å². The molecule has 0 aromatic rings. The molecule has 0 spiro atoms. The van der Waals surface area contributed by atoms with Gasteiger partial charge in [0.15, 0.2) is 6.10 Å². The molecule has 2 atom stereocenters. The quantitative estimate of drug-likeness (QED) is 0.0266. The van der Waals surface area contributed by atoms with Gasteiger partial charge in [-0.05, 0) is 96.3 Å². The van der Waals surface area contributed by atoms with E-state index in [1.165, 1.54) is 44.9 Å². The highest BCUT2D eigenvalue weighted by atomic mass is 31.2. The molecule has 2 unspecified atom stereocenters. The molecular weight excluding hydrogens is 786 g/mol. The van der Waals surface area contributed by atoms with Crippen molar-refractivity contribution < 1.29 is 37.6 Å². The Bertz CT molecular complexity index is 1320. The molecule has 0 saturated carbocycles. The van der Waals surface area contributed by atoms with Crippen molar-refractivity contribution in [3.63, 3.8) is 0 Å². The van der Waals surface area contributed by atoms with Gasteiger partial charge in [0, 0.05) is 19.4 Å². The average molecular weight is 872 g/mol. The molecule has 0 bridgehead atoms. The molecule has 0 aromatic carbocycles. The van der Waals surface area contributed by atoms with Gasteiger partial charge in [0.25, 0.3) is 0 Å². The van der Waals surface area contributed by atoms with E-state index >= 15 is 0 Å². The van der Waals surface area contributed by atoms with Gasteiger partial charge in [-0.15, -0.1) is 0 Å². The molecule has 61 heavy (non-hydrogen) atoms. The molecule has 0 amide bonds. The number of unbranched alkanes of at least 4 members (excludes halogenated alkanes) is 14. The molecule has 10 heteroatoms. The van der Waals surface area contributed by atoms with E-state index in [1.54, 1.807) is 0 Å². The summed E-state index contributed by atoms with van der Waals surface area (Å²) >= 11 is 0. The number of hydrogen-bond acceptors (Lipinski definition) is 8. The molecule has 0 rings (SSSR count). The minimum Gasteiger partial charge on any atom is -0.462 e. The lowest BCUT2D eigenvalue weighted by atomic mass is 10.1. The number of carbonyl (C=O) groups excluding carboxylic acids is 2. The van der Waals surface area contributed by atoms with E-state index in [4.69, 9.17) is 24.3 Å². The second kappa shape index (κ2) is 46.4. The molecule has 0 aliphatic rings. The van der Waals surface area contributed by atoms with Crippen molar-refractivity contribution in [2.75, 3.05) is 26.4 Å². The van der Waals surface area contributed by atoms with E-state index < -0.39 is 32.5 Å². The molecule has 0 heterocycles. The summed E-state index contributed by atoms with van der Waals surface area (Å²) in [4.78, 5) is 34.9. The number of hydrogen-bond donors (Lipinski definition) is 2. The zero-order valence-electron chi connectivity index (χ0n) is 38.4. The molecule has 0 aliphatic carbocycles. The summed E-state index contributed by atoms with van der Waals surface area (Å²) in [6.07, 6.45) is 60.1. The van der Waals surface area contributed by atoms with Crippen molar-refractivity contribution in [3.8, 4) is 0 Å². The molecule has 0 aliphatic heterocycles. The maximum atomic E-state index is 12.6. The standard InChI is InChI=1S/C51H86NO8P/c1-3-5-7-9-11-13-15-17-19-20-21-22-23-24-25-26-27-28-30-32-34-36-38-40-42-44-51(54)60-49(48-59-61(55,56)58-46-45-52)47-57-50(53)43-41-39-37-35-33-31-29-18-16-14-12-10-8-6-4-2/h5,7,11,13,17-19,21-22,24-25,27-29,32,34,49H,3-4,6,8-10,12,14-16,20,23,26,30-31,33,35-48,52H2,1-2H3,(H,55,56)/b7-5-,13-11-,19-17-,22-21-,25-24-,28-27-,29-18-,34-32-. The van der Waals surface area contributed by atoms with Crippen molar-refractivity contribution in [1.29, 1.82) is 0 Å². The second-order valence-corrected chi connectivity index (χ2v) is 16.7. The molecule has 0 radical (unpaired) electrons. The Hall–Kier alpha value is -3.07. The summed E-state index contributed by atoms with van der Waals surface area (Å²) < 4.78 is 32.8. The van der Waals surface area contributed by atoms with Gasteiger partial charge in [-0.3, -0.25) is 18.6 Å². The number of ether oxygens (including phenoxy) is 2. The summed E-state index contributed by atoms with van der Waals surface area (Å²) in [6.45, 7) is 3.55. The summed E-state index contributed by atoms with van der Waals surface area (Å²) in [5.74, 6) is -0.884. The van der Waals surface area contributed by atoms with E-state index in [0.29, 0.717) is 12.8 Å². The molecule has 348 valence electrons. The van der Waals surface area contributed by atoms with Crippen LogP contribution in [0.2, 0.25) is 0 Å². The molecule has 3 N–H and O–H groups in total. The lowest BCUT2D eigenvalue weighted by Gasteiger charge is -2.19. The first-order valence-corrected chi connectivity index (χ1v) is 25.2. The average Bonchev–Trinajstić information content (AvgIpc) is 3.25. The summed E-state index contributed by atoms with van der Waals surface area (Å²) in [7, 11) is -4.40. The van der Waals surface area contributed by atoms with Crippen molar-refractivity contribution in [2.24, 2.45) is 5.73 Å². The van der Waals surface area contributed by atoms with Crippen LogP contribution in [0, 0.1) is 0 Å². The number of allylic oxidation sites excluding steroid dienone is 16. The van der Waals surface area contributed by atoms with E-state index in [2.05, 4.69) is 111 Å². The fraction of sp³-hybridized carbons (Fsp3) is 0.647. The van der Waals surface area contributed by atoms with Crippen molar-refractivity contribution in [2.45, 2.75) is 187 Å². The number of carbonyl (C=O) groups is 2. The van der Waals surface area contributed by atoms with Crippen LogP contribution in [0.15, 0.2) is 97.2 Å². The van der Waals surface area contributed by atoms with Crippen LogP contribution in [0.3, 0.4) is 0 Å². The molecule has 0 aromatic heterocycles. The number of phosphoric acid groups is 1. The summed E-state index contributed by atoms with van der Waals surface area (Å²) in [5.41, 5.74) is 5.35. The van der Waals surface area contributed by atoms with E-state index in [0.717, 1.165) is 96.3 Å². The zero-order chi connectivity index (χ0) is 44.6. The third kappa shape index (κ3) is 46.3. The largest absolute Gasteiger partial charge is 0.472 e. The van der Waals surface area contributed by atoms with Gasteiger partial charge in [-0.2, -0.15) is 0 Å². The Balaban J connectivity index is 4.22. The Morgan fingerprint density at radius 3 is 1.38 bits per heavy atom. The van der Waals surface area contributed by atoms with Gasteiger partial charge < -0.3 is 20.1 Å². The van der Waals surface area contributed by atoms with Gasteiger partial charge in [0.2, 0.25) is 0 Å². The molecule has 9 nitrogen and oxygen atoms in total. The lowest BCUT2D eigenvalue weighted by molar-refractivity contribution is -0.161. The Morgan fingerprint density at radius 1 is 0.508 bits per heavy atom. The second-order valence-electron chi connectivity index (χ2n) is 15.2. The highest BCUT2D eigenvalue weighted by Crippen LogP contribution is 2.43. The summed E-state index contributed by atoms with van der Waals surface area (Å²) in [6, 6.07) is 0. The Morgan fingerprint density at radius 2 is 0.902 bits per heavy atom. The number of nitrogens with two attached hydrogens (primary N) is 1. The van der Waals surface area contributed by atoms with E-state index in [-0.39, 0.29) is 32.6 Å². The van der Waals surface area contributed by atoms with Gasteiger partial charge in [0.05, 0.1) is 13.2 Å². The predicted molar refractivity (Wildman–Crippen MR) is 256 cm³/mol. The van der Waals surface area contributed by atoms with Crippen LogP contribution in [-0.4, -0.2) is 49.3 Å². The molecule has 0 saturated heterocycles. The van der Waals surface area contributed by atoms with Crippen molar-refractivity contribution in [1.82, 2.24) is 0 Å². The first-order chi connectivity index (χ1) is 29.8. The first kappa shape index (κ1) is 57.9. The van der Waals surface area contributed by atoms with Crippen molar-refractivity contribution in [3.05, 3.63) is 97.2 Å². The number of phosphoric ester groups is 1. The Kier molecular flexibility index (Phi) is 44.1. The van der Waals surface area contributed by atoms with Crippen LogP contribution in [0.1, 0.15) is 181 Å². The lowest BCUT2D eigenvalue weighted by Crippen LogP contribution is -2.29.